The highest BCUT2D eigenvalue weighted by Crippen LogP contribution is 2.40. The molecule has 0 unspecified atom stereocenters. The van der Waals surface area contributed by atoms with Gasteiger partial charge in [0.1, 0.15) is 5.82 Å². The first-order valence-electron chi connectivity index (χ1n) is 6.69. The van der Waals surface area contributed by atoms with Crippen molar-refractivity contribution in [1.82, 2.24) is 0 Å². The first kappa shape index (κ1) is 13.8. The third-order valence-electron chi connectivity index (χ3n) is 4.33. The highest BCUT2D eigenvalue weighted by Gasteiger charge is 2.33. The Kier molecular flexibility index (Phi) is 4.29. The molecule has 0 atom stereocenters. The van der Waals surface area contributed by atoms with Gasteiger partial charge in [-0.3, -0.25) is 0 Å². The minimum Gasteiger partial charge on any atom is -0.330 e. The summed E-state index contributed by atoms with van der Waals surface area (Å²) in [4.78, 5) is 0. The van der Waals surface area contributed by atoms with Crippen LogP contribution in [0.3, 0.4) is 0 Å². The highest BCUT2D eigenvalue weighted by atomic mass is 35.5. The summed E-state index contributed by atoms with van der Waals surface area (Å²) in [7, 11) is 0. The molecular formula is C15H21ClFN. The summed E-state index contributed by atoms with van der Waals surface area (Å²) in [6.07, 6.45) is 5.62. The molecule has 0 heterocycles. The Morgan fingerprint density at radius 1 is 1.39 bits per heavy atom. The van der Waals surface area contributed by atoms with Crippen molar-refractivity contribution in [1.29, 1.82) is 0 Å². The molecule has 1 fully saturated rings. The molecule has 1 saturated carbocycles. The molecule has 0 aliphatic heterocycles. The number of benzene rings is 1. The summed E-state index contributed by atoms with van der Waals surface area (Å²) in [6, 6.07) is 5.11. The minimum absolute atomic E-state index is 0.160. The third kappa shape index (κ3) is 3.04. The van der Waals surface area contributed by atoms with E-state index >= 15 is 0 Å². The zero-order valence-electron chi connectivity index (χ0n) is 10.9. The molecular weight excluding hydrogens is 249 g/mol. The lowest BCUT2D eigenvalue weighted by Crippen LogP contribution is -2.36. The van der Waals surface area contributed by atoms with Gasteiger partial charge < -0.3 is 5.73 Å². The molecule has 1 aliphatic rings. The normalized spacial score (nSPS) is 28.3. The van der Waals surface area contributed by atoms with E-state index in [-0.39, 0.29) is 16.3 Å². The van der Waals surface area contributed by atoms with Crippen LogP contribution in [-0.2, 0) is 6.42 Å². The predicted octanol–water partition coefficient (Wildman–Crippen LogP) is 4.18. The van der Waals surface area contributed by atoms with Crippen LogP contribution in [0, 0.1) is 17.2 Å². The van der Waals surface area contributed by atoms with E-state index in [1.54, 1.807) is 12.1 Å². The van der Waals surface area contributed by atoms with E-state index in [1.165, 1.54) is 12.8 Å². The van der Waals surface area contributed by atoms with Gasteiger partial charge in [-0.05, 0) is 54.8 Å². The Balaban J connectivity index is 2.12. The van der Waals surface area contributed by atoms with Crippen molar-refractivity contribution >= 4 is 11.6 Å². The van der Waals surface area contributed by atoms with Crippen LogP contribution in [0.5, 0.6) is 0 Å². The van der Waals surface area contributed by atoms with Crippen molar-refractivity contribution in [2.45, 2.75) is 39.0 Å². The molecule has 100 valence electrons. The van der Waals surface area contributed by atoms with Crippen molar-refractivity contribution in [2.24, 2.45) is 17.1 Å². The monoisotopic (exact) mass is 269 g/mol. The Hall–Kier alpha value is -0.600. The van der Waals surface area contributed by atoms with Crippen molar-refractivity contribution in [3.8, 4) is 0 Å². The molecule has 0 spiro atoms. The van der Waals surface area contributed by atoms with Gasteiger partial charge in [0.25, 0.3) is 0 Å². The van der Waals surface area contributed by atoms with Crippen molar-refractivity contribution in [3.05, 3.63) is 34.6 Å². The van der Waals surface area contributed by atoms with Gasteiger partial charge in [0.05, 0.1) is 5.02 Å². The summed E-state index contributed by atoms with van der Waals surface area (Å²) >= 11 is 5.71. The van der Waals surface area contributed by atoms with Crippen molar-refractivity contribution < 1.29 is 4.39 Å². The zero-order chi connectivity index (χ0) is 13.2. The van der Waals surface area contributed by atoms with Gasteiger partial charge in [-0.15, -0.1) is 0 Å². The minimum atomic E-state index is -0.328. The maximum atomic E-state index is 13.5. The molecule has 0 radical (unpaired) electrons. The van der Waals surface area contributed by atoms with Crippen LogP contribution in [0.1, 0.15) is 38.2 Å². The Morgan fingerprint density at radius 2 is 2.06 bits per heavy atom. The molecule has 1 nitrogen and oxygen atoms in total. The number of hydrogen-bond acceptors (Lipinski definition) is 1. The molecule has 2 rings (SSSR count). The quantitative estimate of drug-likeness (QED) is 0.875. The Morgan fingerprint density at radius 3 is 2.61 bits per heavy atom. The standard InChI is InChI=1S/C15H21ClFN/c1-11-4-6-15(10-18,7-5-11)9-12-2-3-13(16)14(17)8-12/h2-3,8,11H,4-7,9-10,18H2,1H3. The third-order valence-corrected chi connectivity index (χ3v) is 4.64. The fraction of sp³-hybridized carbons (Fsp3) is 0.600. The number of rotatable bonds is 3. The Bertz CT molecular complexity index is 411. The van der Waals surface area contributed by atoms with E-state index in [2.05, 4.69) is 6.92 Å². The van der Waals surface area contributed by atoms with Gasteiger partial charge in [0.15, 0.2) is 0 Å². The fourth-order valence-electron chi connectivity index (χ4n) is 2.91. The molecule has 0 saturated heterocycles. The second-order valence-corrected chi connectivity index (χ2v) is 6.22. The smallest absolute Gasteiger partial charge is 0.142 e. The summed E-state index contributed by atoms with van der Waals surface area (Å²) in [5.74, 6) is 0.470. The van der Waals surface area contributed by atoms with Gasteiger partial charge in [-0.1, -0.05) is 37.4 Å². The summed E-state index contributed by atoms with van der Waals surface area (Å²) in [6.45, 7) is 2.98. The first-order valence-corrected chi connectivity index (χ1v) is 7.06. The van der Waals surface area contributed by atoms with Crippen LogP contribution in [0.4, 0.5) is 4.39 Å². The summed E-state index contributed by atoms with van der Waals surface area (Å²) in [5, 5.41) is 0.192. The van der Waals surface area contributed by atoms with E-state index in [0.29, 0.717) is 6.54 Å². The van der Waals surface area contributed by atoms with Crippen molar-refractivity contribution in [3.63, 3.8) is 0 Å². The van der Waals surface area contributed by atoms with Crippen LogP contribution < -0.4 is 5.73 Å². The van der Waals surface area contributed by atoms with Crippen LogP contribution in [-0.4, -0.2) is 6.54 Å². The van der Waals surface area contributed by atoms with Crippen LogP contribution in [0.2, 0.25) is 5.02 Å². The second-order valence-electron chi connectivity index (χ2n) is 5.81. The molecule has 18 heavy (non-hydrogen) atoms. The highest BCUT2D eigenvalue weighted by molar-refractivity contribution is 6.30. The van der Waals surface area contributed by atoms with Crippen LogP contribution in [0.25, 0.3) is 0 Å². The predicted molar refractivity (Wildman–Crippen MR) is 74.2 cm³/mol. The van der Waals surface area contributed by atoms with Crippen LogP contribution in [0.15, 0.2) is 18.2 Å². The average molecular weight is 270 g/mol. The van der Waals surface area contributed by atoms with E-state index in [4.69, 9.17) is 17.3 Å². The molecule has 2 N–H and O–H groups in total. The molecule has 0 bridgehead atoms. The maximum absolute atomic E-state index is 13.5. The van der Waals surface area contributed by atoms with Crippen molar-refractivity contribution in [2.75, 3.05) is 6.54 Å². The molecule has 1 aromatic carbocycles. The topological polar surface area (TPSA) is 26.0 Å². The summed E-state index contributed by atoms with van der Waals surface area (Å²) in [5.41, 5.74) is 7.15. The largest absolute Gasteiger partial charge is 0.330 e. The molecule has 1 aromatic rings. The van der Waals surface area contributed by atoms with E-state index < -0.39 is 0 Å². The van der Waals surface area contributed by atoms with E-state index in [9.17, 15) is 4.39 Å². The SMILES string of the molecule is CC1CCC(CN)(Cc2ccc(Cl)c(F)c2)CC1. The second kappa shape index (κ2) is 5.58. The van der Waals surface area contributed by atoms with Gasteiger partial charge in [-0.2, -0.15) is 0 Å². The van der Waals surface area contributed by atoms with Gasteiger partial charge >= 0.3 is 0 Å². The number of hydrogen-bond donors (Lipinski definition) is 1. The molecule has 1 aliphatic carbocycles. The lowest BCUT2D eigenvalue weighted by Gasteiger charge is -2.39. The average Bonchev–Trinajstić information content (AvgIpc) is 2.37. The zero-order valence-corrected chi connectivity index (χ0v) is 11.6. The number of nitrogens with two attached hydrogens (primary N) is 1. The van der Waals surface area contributed by atoms with E-state index in [1.807, 2.05) is 6.07 Å². The van der Waals surface area contributed by atoms with Gasteiger partial charge in [-0.25, -0.2) is 4.39 Å². The van der Waals surface area contributed by atoms with Crippen LogP contribution >= 0.6 is 11.6 Å². The van der Waals surface area contributed by atoms with E-state index in [0.717, 1.165) is 30.7 Å². The molecule has 0 amide bonds. The lowest BCUT2D eigenvalue weighted by atomic mass is 9.68. The molecule has 3 heteroatoms. The number of halogens is 2. The summed E-state index contributed by atoms with van der Waals surface area (Å²) < 4.78 is 13.5. The van der Waals surface area contributed by atoms with Gasteiger partial charge in [0.2, 0.25) is 0 Å². The maximum Gasteiger partial charge on any atom is 0.142 e. The first-order chi connectivity index (χ1) is 8.54. The lowest BCUT2D eigenvalue weighted by molar-refractivity contribution is 0.163. The fourth-order valence-corrected chi connectivity index (χ4v) is 3.03. The van der Waals surface area contributed by atoms with Gasteiger partial charge in [0, 0.05) is 0 Å². The Labute approximate surface area is 114 Å². The molecule has 0 aromatic heterocycles.